The van der Waals surface area contributed by atoms with Crippen molar-refractivity contribution in [2.24, 2.45) is 0 Å². The van der Waals surface area contributed by atoms with Gasteiger partial charge in [-0.1, -0.05) is 0 Å². The standard InChI is InChI=1S/C8H10N2O2/c1-6(11)4-7(12)5-8-9-2-3-10-8/h2-3H,4-5H2,1H3,(H,9,10). The Kier molecular flexibility index (Phi) is 2.74. The van der Waals surface area contributed by atoms with Crippen LogP contribution in [0.4, 0.5) is 0 Å². The van der Waals surface area contributed by atoms with Crippen LogP contribution in [0.25, 0.3) is 0 Å². The van der Waals surface area contributed by atoms with E-state index < -0.39 is 0 Å². The number of hydrogen-bond donors (Lipinski definition) is 1. The summed E-state index contributed by atoms with van der Waals surface area (Å²) in [5, 5.41) is 0. The highest BCUT2D eigenvalue weighted by molar-refractivity contribution is 5.98. The minimum atomic E-state index is -0.105. The van der Waals surface area contributed by atoms with Crippen LogP contribution in [-0.2, 0) is 16.0 Å². The number of carbonyl (C=O) groups is 2. The number of ketones is 2. The van der Waals surface area contributed by atoms with E-state index >= 15 is 0 Å². The first-order valence-electron chi connectivity index (χ1n) is 3.68. The number of carbonyl (C=O) groups excluding carboxylic acids is 2. The Morgan fingerprint density at radius 1 is 1.58 bits per heavy atom. The molecule has 0 spiro atoms. The third-order valence-corrected chi connectivity index (χ3v) is 1.37. The molecule has 0 aliphatic carbocycles. The molecule has 0 radical (unpaired) electrons. The lowest BCUT2D eigenvalue weighted by Crippen LogP contribution is -2.08. The Balaban J connectivity index is 2.42. The van der Waals surface area contributed by atoms with Crippen molar-refractivity contribution in [3.63, 3.8) is 0 Å². The largest absolute Gasteiger partial charge is 0.348 e. The van der Waals surface area contributed by atoms with E-state index in [0.29, 0.717) is 5.82 Å². The van der Waals surface area contributed by atoms with Gasteiger partial charge in [0.15, 0.2) is 0 Å². The molecular weight excluding hydrogens is 156 g/mol. The van der Waals surface area contributed by atoms with Gasteiger partial charge in [-0.25, -0.2) is 4.98 Å². The van der Waals surface area contributed by atoms with Crippen molar-refractivity contribution in [3.8, 4) is 0 Å². The zero-order valence-corrected chi connectivity index (χ0v) is 6.83. The van der Waals surface area contributed by atoms with Crippen molar-refractivity contribution in [3.05, 3.63) is 18.2 Å². The molecule has 0 aliphatic rings. The van der Waals surface area contributed by atoms with Crippen LogP contribution in [-0.4, -0.2) is 21.5 Å². The van der Waals surface area contributed by atoms with Gasteiger partial charge in [-0.15, -0.1) is 0 Å². The molecular formula is C8H10N2O2. The minimum Gasteiger partial charge on any atom is -0.348 e. The average molecular weight is 166 g/mol. The molecule has 0 aliphatic heterocycles. The first-order valence-corrected chi connectivity index (χ1v) is 3.68. The molecule has 0 saturated heterocycles. The molecule has 0 aromatic carbocycles. The molecule has 0 atom stereocenters. The summed E-state index contributed by atoms with van der Waals surface area (Å²) in [5.41, 5.74) is 0. The molecule has 0 unspecified atom stereocenters. The van der Waals surface area contributed by atoms with E-state index in [1.54, 1.807) is 12.4 Å². The van der Waals surface area contributed by atoms with E-state index in [0.717, 1.165) is 0 Å². The third-order valence-electron chi connectivity index (χ3n) is 1.37. The van der Waals surface area contributed by atoms with E-state index in [4.69, 9.17) is 0 Å². The fourth-order valence-electron chi connectivity index (χ4n) is 0.922. The maximum Gasteiger partial charge on any atom is 0.147 e. The first kappa shape index (κ1) is 8.64. The normalized spacial score (nSPS) is 9.75. The number of rotatable bonds is 4. The van der Waals surface area contributed by atoms with Gasteiger partial charge in [-0.3, -0.25) is 9.59 Å². The summed E-state index contributed by atoms with van der Waals surface area (Å²) >= 11 is 0. The molecule has 4 heteroatoms. The van der Waals surface area contributed by atoms with E-state index in [1.165, 1.54) is 6.92 Å². The SMILES string of the molecule is CC(=O)CC(=O)Cc1ncc[nH]1. The molecule has 1 aromatic heterocycles. The summed E-state index contributed by atoms with van der Waals surface area (Å²) in [6.45, 7) is 1.40. The predicted octanol–water partition coefficient (Wildman–Crippen LogP) is 0.500. The lowest BCUT2D eigenvalue weighted by molar-refractivity contribution is -0.125. The minimum absolute atomic E-state index is 0.000694. The second-order valence-electron chi connectivity index (χ2n) is 2.63. The van der Waals surface area contributed by atoms with Gasteiger partial charge in [0.05, 0.1) is 12.8 Å². The van der Waals surface area contributed by atoms with Crippen molar-refractivity contribution in [2.75, 3.05) is 0 Å². The van der Waals surface area contributed by atoms with Crippen LogP contribution in [0.3, 0.4) is 0 Å². The van der Waals surface area contributed by atoms with Crippen LogP contribution in [0.1, 0.15) is 19.2 Å². The summed E-state index contributed by atoms with van der Waals surface area (Å²) in [6, 6.07) is 0. The molecule has 64 valence electrons. The van der Waals surface area contributed by atoms with Gasteiger partial charge in [0.2, 0.25) is 0 Å². The van der Waals surface area contributed by atoms with Crippen LogP contribution >= 0.6 is 0 Å². The lowest BCUT2D eigenvalue weighted by atomic mass is 10.1. The van der Waals surface area contributed by atoms with E-state index in [9.17, 15) is 9.59 Å². The molecule has 0 fully saturated rings. The van der Waals surface area contributed by atoms with Crippen molar-refractivity contribution < 1.29 is 9.59 Å². The van der Waals surface area contributed by atoms with Crippen molar-refractivity contribution >= 4 is 11.6 Å². The first-order chi connectivity index (χ1) is 5.68. The molecule has 1 aromatic rings. The lowest BCUT2D eigenvalue weighted by Gasteiger charge is -1.93. The Labute approximate surface area is 70.0 Å². The molecule has 0 amide bonds. The highest BCUT2D eigenvalue weighted by Gasteiger charge is 2.07. The second kappa shape index (κ2) is 3.80. The summed E-state index contributed by atoms with van der Waals surface area (Å²) in [6.07, 6.45) is 3.44. The monoisotopic (exact) mass is 166 g/mol. The summed E-state index contributed by atoms with van der Waals surface area (Å²) in [5.74, 6) is 0.408. The van der Waals surface area contributed by atoms with Gasteiger partial charge < -0.3 is 4.98 Å². The zero-order valence-electron chi connectivity index (χ0n) is 6.83. The fourth-order valence-corrected chi connectivity index (χ4v) is 0.922. The maximum absolute atomic E-state index is 11.0. The summed E-state index contributed by atoms with van der Waals surface area (Å²) in [7, 11) is 0. The molecule has 0 bridgehead atoms. The van der Waals surface area contributed by atoms with Crippen molar-refractivity contribution in [1.82, 2.24) is 9.97 Å². The maximum atomic E-state index is 11.0. The predicted molar refractivity (Wildman–Crippen MR) is 42.6 cm³/mol. The Morgan fingerprint density at radius 3 is 2.83 bits per heavy atom. The van der Waals surface area contributed by atoms with E-state index in [2.05, 4.69) is 9.97 Å². The number of nitrogens with one attached hydrogen (secondary N) is 1. The topological polar surface area (TPSA) is 62.8 Å². The molecule has 0 saturated carbocycles. The van der Waals surface area contributed by atoms with Crippen LogP contribution in [0, 0.1) is 0 Å². The van der Waals surface area contributed by atoms with Crippen LogP contribution in [0.2, 0.25) is 0 Å². The van der Waals surface area contributed by atoms with Gasteiger partial charge in [-0.05, 0) is 6.92 Å². The Bertz CT molecular complexity index is 277. The van der Waals surface area contributed by atoms with Gasteiger partial charge in [0.25, 0.3) is 0 Å². The number of nitrogens with zero attached hydrogens (tertiary/aromatic N) is 1. The highest BCUT2D eigenvalue weighted by atomic mass is 16.1. The fraction of sp³-hybridized carbons (Fsp3) is 0.375. The molecule has 1 rings (SSSR count). The quantitative estimate of drug-likeness (QED) is 0.662. The second-order valence-corrected chi connectivity index (χ2v) is 2.63. The van der Waals surface area contributed by atoms with E-state index in [1.807, 2.05) is 0 Å². The molecule has 4 nitrogen and oxygen atoms in total. The Morgan fingerprint density at radius 2 is 2.33 bits per heavy atom. The van der Waals surface area contributed by atoms with Crippen LogP contribution < -0.4 is 0 Å². The number of hydrogen-bond acceptors (Lipinski definition) is 3. The number of aromatic nitrogens is 2. The smallest absolute Gasteiger partial charge is 0.147 e. The number of Topliss-reactive ketones (excluding diaryl/α,β-unsaturated/α-hetero) is 2. The summed E-state index contributed by atoms with van der Waals surface area (Å²) in [4.78, 5) is 28.2. The Hall–Kier alpha value is -1.45. The number of H-pyrrole nitrogens is 1. The van der Waals surface area contributed by atoms with Crippen molar-refractivity contribution in [2.45, 2.75) is 19.8 Å². The van der Waals surface area contributed by atoms with E-state index in [-0.39, 0.29) is 24.4 Å². The van der Waals surface area contributed by atoms with Gasteiger partial charge in [0, 0.05) is 12.4 Å². The highest BCUT2D eigenvalue weighted by Crippen LogP contribution is 1.95. The average Bonchev–Trinajstić information content (AvgIpc) is 2.37. The van der Waals surface area contributed by atoms with Crippen molar-refractivity contribution in [1.29, 1.82) is 0 Å². The van der Waals surface area contributed by atoms with Crippen LogP contribution in [0.5, 0.6) is 0 Å². The zero-order chi connectivity index (χ0) is 8.97. The van der Waals surface area contributed by atoms with Gasteiger partial charge >= 0.3 is 0 Å². The third kappa shape index (κ3) is 2.65. The van der Waals surface area contributed by atoms with Crippen LogP contribution in [0.15, 0.2) is 12.4 Å². The molecule has 12 heavy (non-hydrogen) atoms. The number of imidazole rings is 1. The summed E-state index contributed by atoms with van der Waals surface area (Å²) < 4.78 is 0. The number of aromatic amines is 1. The molecule has 1 N–H and O–H groups in total. The molecule has 1 heterocycles. The van der Waals surface area contributed by atoms with Gasteiger partial charge in [-0.2, -0.15) is 0 Å². The van der Waals surface area contributed by atoms with Gasteiger partial charge in [0.1, 0.15) is 17.4 Å².